The number of hydrogen-bond acceptors (Lipinski definition) is 3. The van der Waals surface area contributed by atoms with E-state index in [0.717, 1.165) is 16.0 Å². The van der Waals surface area contributed by atoms with E-state index < -0.39 is 0 Å². The lowest BCUT2D eigenvalue weighted by atomic mass is 10.1. The Morgan fingerprint density at radius 2 is 2.04 bits per heavy atom. The fourth-order valence-corrected chi connectivity index (χ4v) is 3.09. The number of nitrogens with zero attached hydrogens (tertiary/aromatic N) is 1. The second-order valence-corrected chi connectivity index (χ2v) is 6.38. The van der Waals surface area contributed by atoms with E-state index in [1.54, 1.807) is 18.3 Å². The molecule has 0 aliphatic carbocycles. The van der Waals surface area contributed by atoms with Crippen LogP contribution in [0.3, 0.4) is 0 Å². The molecule has 1 heterocycles. The van der Waals surface area contributed by atoms with Gasteiger partial charge in [0.15, 0.2) is 5.13 Å². The van der Waals surface area contributed by atoms with E-state index in [2.05, 4.69) is 10.3 Å². The average molecular weight is 326 g/mol. The molecular weight excluding hydrogens is 311 g/mol. The highest BCUT2D eigenvalue weighted by atomic mass is 32.1. The van der Waals surface area contributed by atoms with Crippen LogP contribution in [0.4, 0.5) is 9.52 Å². The molecule has 1 N–H and O–H groups in total. The summed E-state index contributed by atoms with van der Waals surface area (Å²) in [6, 6.07) is 13.9. The van der Waals surface area contributed by atoms with Crippen molar-refractivity contribution in [3.05, 3.63) is 82.1 Å². The summed E-state index contributed by atoms with van der Waals surface area (Å²) < 4.78 is 13.2. The molecular formula is C18H15FN2OS. The zero-order valence-corrected chi connectivity index (χ0v) is 13.4. The minimum Gasteiger partial charge on any atom is -0.298 e. The molecule has 0 saturated carbocycles. The molecule has 3 rings (SSSR count). The lowest BCUT2D eigenvalue weighted by Gasteiger charge is -2.02. The first kappa shape index (κ1) is 15.4. The van der Waals surface area contributed by atoms with Gasteiger partial charge in [-0.15, -0.1) is 11.3 Å². The van der Waals surface area contributed by atoms with Crippen LogP contribution in [0.5, 0.6) is 0 Å². The van der Waals surface area contributed by atoms with Gasteiger partial charge in [-0.25, -0.2) is 9.37 Å². The number of anilines is 1. The molecule has 1 aromatic heterocycles. The number of rotatable bonds is 4. The number of nitrogens with one attached hydrogen (secondary N) is 1. The number of carbonyl (C=O) groups excluding carboxylic acids is 1. The Balaban J connectivity index is 1.68. The fraction of sp³-hybridized carbons (Fsp3) is 0.111. The standard InChI is InChI=1S/C18H15FN2OS/c1-12-4-2-6-14(8-12)17(22)21-18-20-11-16(23-18)10-13-5-3-7-15(19)9-13/h2-9,11H,10H2,1H3,(H,20,21,22). The Morgan fingerprint density at radius 3 is 2.83 bits per heavy atom. The molecule has 116 valence electrons. The van der Waals surface area contributed by atoms with Gasteiger partial charge in [0.05, 0.1) is 0 Å². The highest BCUT2D eigenvalue weighted by molar-refractivity contribution is 7.15. The molecule has 3 aromatic rings. The Labute approximate surface area is 137 Å². The molecule has 1 amide bonds. The summed E-state index contributed by atoms with van der Waals surface area (Å²) in [4.78, 5) is 17.4. The number of thiazole rings is 1. The van der Waals surface area contributed by atoms with Gasteiger partial charge in [-0.3, -0.25) is 10.1 Å². The third kappa shape index (κ3) is 4.02. The van der Waals surface area contributed by atoms with Crippen LogP contribution in [0.1, 0.15) is 26.4 Å². The summed E-state index contributed by atoms with van der Waals surface area (Å²) in [5, 5.41) is 3.34. The van der Waals surface area contributed by atoms with E-state index >= 15 is 0 Å². The summed E-state index contributed by atoms with van der Waals surface area (Å²) in [5.74, 6) is -0.430. The molecule has 0 atom stereocenters. The van der Waals surface area contributed by atoms with Gasteiger partial charge < -0.3 is 0 Å². The van der Waals surface area contributed by atoms with Crippen molar-refractivity contribution in [1.29, 1.82) is 0 Å². The van der Waals surface area contributed by atoms with E-state index in [-0.39, 0.29) is 11.7 Å². The van der Waals surface area contributed by atoms with Gasteiger partial charge in [0.25, 0.3) is 5.91 Å². The summed E-state index contributed by atoms with van der Waals surface area (Å²) in [6.07, 6.45) is 2.30. The number of aromatic nitrogens is 1. The minimum absolute atomic E-state index is 0.180. The topological polar surface area (TPSA) is 42.0 Å². The number of amides is 1. The van der Waals surface area contributed by atoms with Gasteiger partial charge in [-0.05, 0) is 36.8 Å². The Kier molecular flexibility index (Phi) is 4.48. The van der Waals surface area contributed by atoms with Gasteiger partial charge in [0.1, 0.15) is 5.82 Å². The van der Waals surface area contributed by atoms with Crippen molar-refractivity contribution in [2.24, 2.45) is 0 Å². The van der Waals surface area contributed by atoms with Crippen LogP contribution in [0.2, 0.25) is 0 Å². The third-order valence-corrected chi connectivity index (χ3v) is 4.23. The fourth-order valence-electron chi connectivity index (χ4n) is 2.25. The zero-order chi connectivity index (χ0) is 16.2. The SMILES string of the molecule is Cc1cccc(C(=O)Nc2ncc(Cc3cccc(F)c3)s2)c1. The molecule has 0 spiro atoms. The Morgan fingerprint density at radius 1 is 1.22 bits per heavy atom. The van der Waals surface area contributed by atoms with Crippen molar-refractivity contribution in [2.45, 2.75) is 13.3 Å². The molecule has 0 bridgehead atoms. The van der Waals surface area contributed by atoms with Gasteiger partial charge >= 0.3 is 0 Å². The highest BCUT2D eigenvalue weighted by Crippen LogP contribution is 2.22. The van der Waals surface area contributed by atoms with Gasteiger partial charge in [-0.2, -0.15) is 0 Å². The number of aryl methyl sites for hydroxylation is 1. The maximum Gasteiger partial charge on any atom is 0.257 e. The van der Waals surface area contributed by atoms with Crippen LogP contribution in [-0.4, -0.2) is 10.9 Å². The van der Waals surface area contributed by atoms with Crippen molar-refractivity contribution in [2.75, 3.05) is 5.32 Å². The van der Waals surface area contributed by atoms with E-state index in [1.165, 1.54) is 23.5 Å². The van der Waals surface area contributed by atoms with Crippen LogP contribution >= 0.6 is 11.3 Å². The minimum atomic E-state index is -0.250. The number of carbonyl (C=O) groups is 1. The van der Waals surface area contributed by atoms with E-state index in [9.17, 15) is 9.18 Å². The number of benzene rings is 2. The molecule has 0 fully saturated rings. The number of hydrogen-bond donors (Lipinski definition) is 1. The van der Waals surface area contributed by atoms with Crippen LogP contribution in [0, 0.1) is 12.7 Å². The van der Waals surface area contributed by atoms with Crippen molar-refractivity contribution in [3.63, 3.8) is 0 Å². The van der Waals surface area contributed by atoms with E-state index in [0.29, 0.717) is 17.1 Å². The Hall–Kier alpha value is -2.53. The highest BCUT2D eigenvalue weighted by Gasteiger charge is 2.09. The van der Waals surface area contributed by atoms with Crippen molar-refractivity contribution >= 4 is 22.4 Å². The maximum absolute atomic E-state index is 13.2. The normalized spacial score (nSPS) is 10.5. The first-order chi connectivity index (χ1) is 11.1. The first-order valence-corrected chi connectivity index (χ1v) is 7.99. The molecule has 3 nitrogen and oxygen atoms in total. The molecule has 0 aliphatic rings. The maximum atomic E-state index is 13.2. The quantitative estimate of drug-likeness (QED) is 0.770. The summed E-state index contributed by atoms with van der Waals surface area (Å²) in [5.41, 5.74) is 2.51. The smallest absolute Gasteiger partial charge is 0.257 e. The molecule has 0 radical (unpaired) electrons. The largest absolute Gasteiger partial charge is 0.298 e. The van der Waals surface area contributed by atoms with Gasteiger partial charge in [0.2, 0.25) is 0 Å². The zero-order valence-electron chi connectivity index (χ0n) is 12.5. The molecule has 0 aliphatic heterocycles. The van der Waals surface area contributed by atoms with Crippen LogP contribution in [0.15, 0.2) is 54.7 Å². The molecule has 23 heavy (non-hydrogen) atoms. The molecule has 2 aromatic carbocycles. The van der Waals surface area contributed by atoms with Crippen LogP contribution in [-0.2, 0) is 6.42 Å². The van der Waals surface area contributed by atoms with Crippen molar-refractivity contribution < 1.29 is 9.18 Å². The second kappa shape index (κ2) is 6.71. The van der Waals surface area contributed by atoms with Crippen LogP contribution < -0.4 is 5.32 Å². The van der Waals surface area contributed by atoms with Crippen LogP contribution in [0.25, 0.3) is 0 Å². The predicted octanol–water partition coefficient (Wildman–Crippen LogP) is 4.43. The lowest BCUT2D eigenvalue weighted by molar-refractivity contribution is 0.102. The Bertz CT molecular complexity index is 844. The lowest BCUT2D eigenvalue weighted by Crippen LogP contribution is -2.11. The summed E-state index contributed by atoms with van der Waals surface area (Å²) >= 11 is 1.40. The van der Waals surface area contributed by atoms with Gasteiger partial charge in [-0.1, -0.05) is 29.8 Å². The van der Waals surface area contributed by atoms with Crippen molar-refractivity contribution in [3.8, 4) is 0 Å². The van der Waals surface area contributed by atoms with E-state index in [1.807, 2.05) is 31.2 Å². The molecule has 0 saturated heterocycles. The predicted molar refractivity (Wildman–Crippen MR) is 90.5 cm³/mol. The third-order valence-electron chi connectivity index (χ3n) is 3.32. The number of halogens is 1. The summed E-state index contributed by atoms with van der Waals surface area (Å²) in [7, 11) is 0. The first-order valence-electron chi connectivity index (χ1n) is 7.17. The van der Waals surface area contributed by atoms with Gasteiger partial charge in [0, 0.05) is 23.1 Å². The average Bonchev–Trinajstić information content (AvgIpc) is 2.94. The monoisotopic (exact) mass is 326 g/mol. The van der Waals surface area contributed by atoms with Crippen molar-refractivity contribution in [1.82, 2.24) is 4.98 Å². The summed E-state index contributed by atoms with van der Waals surface area (Å²) in [6.45, 7) is 1.94. The molecule has 5 heteroatoms. The second-order valence-electron chi connectivity index (χ2n) is 5.26. The van der Waals surface area contributed by atoms with E-state index in [4.69, 9.17) is 0 Å². The molecule has 0 unspecified atom stereocenters.